The SMILES string of the molecule is COC(=O)C1=C(O)[C@@]2(O)c3c(OC)cc(O)cc3O[C@@]2(c2ccc(OC)cc2)[C@@H]1c1ccccc1. The molecule has 0 spiro atoms. The number of benzene rings is 3. The van der Waals surface area contributed by atoms with Crippen molar-refractivity contribution in [1.82, 2.24) is 0 Å². The molecule has 0 aromatic heterocycles. The molecule has 0 bridgehead atoms. The first-order valence-corrected chi connectivity index (χ1v) is 10.9. The molecule has 3 aromatic rings. The molecular formula is C27H24O8. The third-order valence-corrected chi connectivity index (χ3v) is 6.79. The average molecular weight is 476 g/mol. The monoisotopic (exact) mass is 476 g/mol. The summed E-state index contributed by atoms with van der Waals surface area (Å²) < 4.78 is 22.3. The number of aliphatic hydroxyl groups is 2. The third-order valence-electron chi connectivity index (χ3n) is 6.79. The van der Waals surface area contributed by atoms with Gasteiger partial charge in [0, 0.05) is 17.7 Å². The molecule has 3 aromatic carbocycles. The molecule has 1 aliphatic carbocycles. The number of phenols is 1. The Labute approximate surface area is 201 Å². The van der Waals surface area contributed by atoms with E-state index < -0.39 is 28.8 Å². The summed E-state index contributed by atoms with van der Waals surface area (Å²) in [7, 11) is 4.11. The van der Waals surface area contributed by atoms with Crippen molar-refractivity contribution in [3.8, 4) is 23.0 Å². The van der Waals surface area contributed by atoms with Crippen LogP contribution in [0.25, 0.3) is 0 Å². The van der Waals surface area contributed by atoms with Crippen LogP contribution in [-0.4, -0.2) is 42.6 Å². The highest BCUT2D eigenvalue weighted by Crippen LogP contribution is 2.69. The number of methoxy groups -OCH3 is 3. The second-order valence-electron chi connectivity index (χ2n) is 8.40. The van der Waals surface area contributed by atoms with E-state index in [1.165, 1.54) is 33.5 Å². The van der Waals surface area contributed by atoms with E-state index in [1.807, 2.05) is 6.07 Å². The predicted molar refractivity (Wildman–Crippen MR) is 125 cm³/mol. The van der Waals surface area contributed by atoms with E-state index in [0.717, 1.165) is 0 Å². The first-order valence-electron chi connectivity index (χ1n) is 10.9. The second kappa shape index (κ2) is 7.95. The fourth-order valence-corrected chi connectivity index (χ4v) is 5.35. The lowest BCUT2D eigenvalue weighted by Crippen LogP contribution is -2.50. The Hall–Kier alpha value is -4.17. The molecule has 1 aliphatic heterocycles. The third kappa shape index (κ3) is 2.86. The molecule has 0 radical (unpaired) electrons. The van der Waals surface area contributed by atoms with Crippen molar-refractivity contribution in [2.45, 2.75) is 17.1 Å². The number of esters is 1. The minimum Gasteiger partial charge on any atom is -0.508 e. The summed E-state index contributed by atoms with van der Waals surface area (Å²) in [4.78, 5) is 13.1. The Morgan fingerprint density at radius 3 is 2.23 bits per heavy atom. The summed E-state index contributed by atoms with van der Waals surface area (Å²) in [6.45, 7) is 0. The zero-order valence-corrected chi connectivity index (χ0v) is 19.3. The normalized spacial score (nSPS) is 24.4. The fourth-order valence-electron chi connectivity index (χ4n) is 5.35. The summed E-state index contributed by atoms with van der Waals surface area (Å²) in [6, 6.07) is 18.4. The maximum absolute atomic E-state index is 13.1. The summed E-state index contributed by atoms with van der Waals surface area (Å²) in [5.41, 5.74) is -3.01. The number of ether oxygens (including phenoxy) is 4. The van der Waals surface area contributed by atoms with Gasteiger partial charge in [0.05, 0.1) is 38.4 Å². The average Bonchev–Trinajstić information content (AvgIpc) is 3.26. The lowest BCUT2D eigenvalue weighted by molar-refractivity contribution is -0.137. The van der Waals surface area contributed by atoms with Gasteiger partial charge in [0.15, 0.2) is 11.2 Å². The van der Waals surface area contributed by atoms with E-state index >= 15 is 0 Å². The molecule has 0 amide bonds. The van der Waals surface area contributed by atoms with Gasteiger partial charge in [0.25, 0.3) is 0 Å². The van der Waals surface area contributed by atoms with Crippen LogP contribution in [0.5, 0.6) is 23.0 Å². The minimum atomic E-state index is -2.26. The van der Waals surface area contributed by atoms with Gasteiger partial charge in [-0.15, -0.1) is 0 Å². The van der Waals surface area contributed by atoms with Crippen molar-refractivity contribution in [3.63, 3.8) is 0 Å². The molecular weight excluding hydrogens is 452 g/mol. The molecule has 5 rings (SSSR count). The molecule has 0 saturated heterocycles. The lowest BCUT2D eigenvalue weighted by Gasteiger charge is -2.40. The van der Waals surface area contributed by atoms with Crippen LogP contribution in [0.2, 0.25) is 0 Å². The van der Waals surface area contributed by atoms with Crippen LogP contribution in [0.1, 0.15) is 22.6 Å². The van der Waals surface area contributed by atoms with Gasteiger partial charge in [-0.3, -0.25) is 0 Å². The Balaban J connectivity index is 1.91. The molecule has 1 heterocycles. The number of carbonyl (C=O) groups excluding carboxylic acids is 1. The zero-order valence-electron chi connectivity index (χ0n) is 19.3. The van der Waals surface area contributed by atoms with Gasteiger partial charge in [-0.05, 0) is 17.7 Å². The first-order chi connectivity index (χ1) is 16.8. The van der Waals surface area contributed by atoms with Gasteiger partial charge in [-0.25, -0.2) is 4.79 Å². The Morgan fingerprint density at radius 1 is 0.943 bits per heavy atom. The van der Waals surface area contributed by atoms with Gasteiger partial charge in [-0.1, -0.05) is 42.5 Å². The molecule has 180 valence electrons. The number of carbonyl (C=O) groups is 1. The topological polar surface area (TPSA) is 115 Å². The van der Waals surface area contributed by atoms with Crippen LogP contribution in [-0.2, 0) is 20.7 Å². The summed E-state index contributed by atoms with van der Waals surface area (Å²) in [5, 5.41) is 34.4. The second-order valence-corrected chi connectivity index (χ2v) is 8.40. The molecule has 0 saturated carbocycles. The Bertz CT molecular complexity index is 1330. The van der Waals surface area contributed by atoms with Gasteiger partial charge >= 0.3 is 5.97 Å². The van der Waals surface area contributed by atoms with Gasteiger partial charge in [0.2, 0.25) is 0 Å². The Kier molecular flexibility index (Phi) is 5.14. The molecule has 0 fully saturated rings. The maximum atomic E-state index is 13.1. The highest BCUT2D eigenvalue weighted by Gasteiger charge is 2.74. The number of aromatic hydroxyl groups is 1. The zero-order chi connectivity index (χ0) is 25.0. The summed E-state index contributed by atoms with van der Waals surface area (Å²) >= 11 is 0. The standard InChI is InChI=1S/C27H24O8/c1-32-18-11-9-16(10-12-18)27-22(15-7-5-4-6-8-15)21(25(30)34-3)24(29)26(27,31)23-19(33-2)13-17(28)14-20(23)35-27/h4-14,22,28-29,31H,1-3H3/t22-,26+,27+/m1/s1. The van der Waals surface area contributed by atoms with Crippen molar-refractivity contribution >= 4 is 5.97 Å². The van der Waals surface area contributed by atoms with Crippen LogP contribution < -0.4 is 14.2 Å². The van der Waals surface area contributed by atoms with Crippen LogP contribution in [0.15, 0.2) is 78.1 Å². The van der Waals surface area contributed by atoms with E-state index in [4.69, 9.17) is 18.9 Å². The van der Waals surface area contributed by atoms with E-state index in [-0.39, 0.29) is 28.4 Å². The molecule has 8 heteroatoms. The van der Waals surface area contributed by atoms with E-state index in [2.05, 4.69) is 0 Å². The molecule has 8 nitrogen and oxygen atoms in total. The Morgan fingerprint density at radius 2 is 1.63 bits per heavy atom. The molecule has 0 unspecified atom stereocenters. The number of aliphatic hydroxyl groups excluding tert-OH is 1. The summed E-state index contributed by atoms with van der Waals surface area (Å²) in [6.07, 6.45) is 0. The van der Waals surface area contributed by atoms with Crippen molar-refractivity contribution in [3.05, 3.63) is 94.8 Å². The molecule has 2 aliphatic rings. The molecule has 3 atom stereocenters. The predicted octanol–water partition coefficient (Wildman–Crippen LogP) is 3.67. The van der Waals surface area contributed by atoms with Crippen LogP contribution in [0.4, 0.5) is 0 Å². The van der Waals surface area contributed by atoms with Crippen molar-refractivity contribution in [2.75, 3.05) is 21.3 Å². The lowest BCUT2D eigenvalue weighted by atomic mass is 9.69. The minimum absolute atomic E-state index is 0.0855. The van der Waals surface area contributed by atoms with Gasteiger partial charge in [0.1, 0.15) is 28.8 Å². The van der Waals surface area contributed by atoms with E-state index in [1.54, 1.807) is 48.5 Å². The van der Waals surface area contributed by atoms with E-state index in [9.17, 15) is 20.1 Å². The number of phenolic OH excluding ortho intramolecular Hbond substituents is 1. The van der Waals surface area contributed by atoms with Crippen LogP contribution in [0, 0.1) is 0 Å². The largest absolute Gasteiger partial charge is 0.508 e. The number of hydrogen-bond donors (Lipinski definition) is 3. The number of fused-ring (bicyclic) bond motifs is 3. The molecule has 35 heavy (non-hydrogen) atoms. The maximum Gasteiger partial charge on any atom is 0.338 e. The summed E-state index contributed by atoms with van der Waals surface area (Å²) in [5.74, 6) is -1.81. The van der Waals surface area contributed by atoms with Crippen LogP contribution in [0.3, 0.4) is 0 Å². The first kappa shape index (κ1) is 22.6. The van der Waals surface area contributed by atoms with Gasteiger partial charge < -0.3 is 34.3 Å². The highest BCUT2D eigenvalue weighted by atomic mass is 16.5. The van der Waals surface area contributed by atoms with Crippen molar-refractivity contribution < 1.29 is 39.1 Å². The number of rotatable bonds is 5. The van der Waals surface area contributed by atoms with Crippen LogP contribution >= 0.6 is 0 Å². The van der Waals surface area contributed by atoms with Crippen molar-refractivity contribution in [1.29, 1.82) is 0 Å². The molecule has 3 N–H and O–H groups in total. The smallest absolute Gasteiger partial charge is 0.338 e. The fraction of sp³-hybridized carbons (Fsp3) is 0.222. The quantitative estimate of drug-likeness (QED) is 0.478. The van der Waals surface area contributed by atoms with E-state index in [0.29, 0.717) is 16.9 Å². The highest BCUT2D eigenvalue weighted by molar-refractivity contribution is 5.94. The number of hydrogen-bond acceptors (Lipinski definition) is 8. The van der Waals surface area contributed by atoms with Gasteiger partial charge in [-0.2, -0.15) is 0 Å². The van der Waals surface area contributed by atoms with Crippen molar-refractivity contribution in [2.24, 2.45) is 0 Å².